The van der Waals surface area contributed by atoms with Crippen molar-refractivity contribution in [1.82, 2.24) is 14.5 Å². The molecule has 2 aromatic heterocycles. The molecule has 3 heterocycles. The Hall–Kier alpha value is -3.04. The molecule has 146 valence electrons. The van der Waals surface area contributed by atoms with Gasteiger partial charge in [0.1, 0.15) is 11.2 Å². The molecule has 0 saturated carbocycles. The average Bonchev–Trinajstić information content (AvgIpc) is 3.13. The molecule has 0 unspecified atom stereocenters. The van der Waals surface area contributed by atoms with Gasteiger partial charge >= 0.3 is 12.1 Å². The van der Waals surface area contributed by atoms with Crippen molar-refractivity contribution in [3.63, 3.8) is 0 Å². The van der Waals surface area contributed by atoms with Gasteiger partial charge in [0.15, 0.2) is 11.5 Å². The highest BCUT2D eigenvalue weighted by atomic mass is 19.4. The minimum Gasteiger partial charge on any atom is -0.325 e. The maximum Gasteiger partial charge on any atom is 0.433 e. The summed E-state index contributed by atoms with van der Waals surface area (Å²) in [6.45, 7) is 2.28. The molecule has 1 aliphatic rings. The zero-order chi connectivity index (χ0) is 20.4. The van der Waals surface area contributed by atoms with E-state index in [-0.39, 0.29) is 29.2 Å². The first-order valence-electron chi connectivity index (χ1n) is 8.24. The van der Waals surface area contributed by atoms with Gasteiger partial charge in [0, 0.05) is 18.3 Å². The molecular weight excluding hydrogens is 383 g/mol. The number of halogens is 5. The van der Waals surface area contributed by atoms with E-state index in [1.54, 1.807) is 6.92 Å². The quantitative estimate of drug-likeness (QED) is 0.655. The van der Waals surface area contributed by atoms with E-state index < -0.39 is 23.6 Å². The molecule has 1 amide bonds. The molecule has 10 heteroatoms. The molecule has 1 N–H and O–H groups in total. The number of hydrogen-bond donors (Lipinski definition) is 1. The minimum absolute atomic E-state index is 0.0513. The van der Waals surface area contributed by atoms with Crippen LogP contribution in [0.15, 0.2) is 24.3 Å². The molecule has 0 bridgehead atoms. The van der Waals surface area contributed by atoms with Gasteiger partial charge in [-0.15, -0.1) is 0 Å². The van der Waals surface area contributed by atoms with Crippen molar-refractivity contribution in [1.29, 1.82) is 0 Å². The Morgan fingerprint density at radius 2 is 1.82 bits per heavy atom. The third-order valence-corrected chi connectivity index (χ3v) is 4.46. The fourth-order valence-electron chi connectivity index (χ4n) is 3.30. The van der Waals surface area contributed by atoms with E-state index in [0.717, 1.165) is 10.6 Å². The predicted molar refractivity (Wildman–Crippen MR) is 90.5 cm³/mol. The third-order valence-electron chi connectivity index (χ3n) is 4.46. The van der Waals surface area contributed by atoms with Crippen molar-refractivity contribution < 1.29 is 26.7 Å². The molecule has 1 aliphatic heterocycles. The van der Waals surface area contributed by atoms with Gasteiger partial charge in [0.25, 0.3) is 0 Å². The van der Waals surface area contributed by atoms with E-state index >= 15 is 0 Å². The van der Waals surface area contributed by atoms with Crippen LogP contribution in [0, 0.1) is 6.92 Å². The van der Waals surface area contributed by atoms with Gasteiger partial charge < -0.3 is 5.32 Å². The lowest BCUT2D eigenvalue weighted by Crippen LogP contribution is -2.16. The summed E-state index contributed by atoms with van der Waals surface area (Å²) in [6, 6.07) is 4.71. The summed E-state index contributed by atoms with van der Waals surface area (Å²) >= 11 is 0. The zero-order valence-electron chi connectivity index (χ0n) is 14.7. The summed E-state index contributed by atoms with van der Waals surface area (Å²) in [5, 5.41) is 2.67. The Bertz CT molecular complexity index is 1130. The summed E-state index contributed by atoms with van der Waals surface area (Å²) in [5.74, 6) is -4.41. The summed E-state index contributed by atoms with van der Waals surface area (Å²) in [7, 11) is 0. The number of hydrogen-bond acceptors (Lipinski definition) is 3. The topological polar surface area (TPSA) is 59.8 Å². The third kappa shape index (κ3) is 2.88. The van der Waals surface area contributed by atoms with Crippen LogP contribution >= 0.6 is 0 Å². The van der Waals surface area contributed by atoms with Gasteiger partial charge in [-0.05, 0) is 42.3 Å². The highest BCUT2D eigenvalue weighted by Gasteiger charge is 2.36. The smallest absolute Gasteiger partial charge is 0.325 e. The van der Waals surface area contributed by atoms with Crippen LogP contribution in [0.25, 0.3) is 16.9 Å². The summed E-state index contributed by atoms with van der Waals surface area (Å²) in [5.41, 5.74) is 0.281. The lowest BCUT2D eigenvalue weighted by Gasteiger charge is -2.16. The van der Waals surface area contributed by atoms with E-state index in [4.69, 9.17) is 0 Å². The number of imidazole rings is 1. The van der Waals surface area contributed by atoms with E-state index in [1.807, 2.05) is 0 Å². The number of alkyl halides is 5. The molecule has 3 aromatic rings. The first-order chi connectivity index (χ1) is 12.9. The van der Waals surface area contributed by atoms with Crippen molar-refractivity contribution >= 4 is 22.8 Å². The molecule has 0 aliphatic carbocycles. The van der Waals surface area contributed by atoms with Crippen LogP contribution in [0.4, 0.5) is 27.6 Å². The summed E-state index contributed by atoms with van der Waals surface area (Å²) in [6.07, 6.45) is -4.68. The van der Waals surface area contributed by atoms with E-state index in [1.165, 1.54) is 12.1 Å². The van der Waals surface area contributed by atoms with Crippen LogP contribution in [0.5, 0.6) is 0 Å². The highest BCUT2D eigenvalue weighted by molar-refractivity contribution is 6.00. The Labute approximate surface area is 155 Å². The van der Waals surface area contributed by atoms with Gasteiger partial charge in [0.2, 0.25) is 5.91 Å². The summed E-state index contributed by atoms with van der Waals surface area (Å²) < 4.78 is 68.6. The standard InChI is InChI=1S/C18H13F5N4O/c1-8-5-10(6-9-7-13(28)26-14(8)9)27-15-11(24-16(27)17(2,19)20)3-4-12(25-15)18(21,22)23/h3-6H,7H2,1-2H3,(H,26,28). The van der Waals surface area contributed by atoms with Crippen LogP contribution in [-0.2, 0) is 23.3 Å². The molecule has 0 atom stereocenters. The number of aryl methyl sites for hydroxylation is 1. The van der Waals surface area contributed by atoms with E-state index in [2.05, 4.69) is 15.3 Å². The van der Waals surface area contributed by atoms with Crippen LogP contribution < -0.4 is 5.32 Å². The average molecular weight is 396 g/mol. The number of rotatable bonds is 2. The molecule has 0 fully saturated rings. The second-order valence-electron chi connectivity index (χ2n) is 6.72. The lowest BCUT2D eigenvalue weighted by molar-refractivity contribution is -0.141. The predicted octanol–water partition coefficient (Wildman–Crippen LogP) is 4.35. The molecule has 4 rings (SSSR count). The Morgan fingerprint density at radius 1 is 1.11 bits per heavy atom. The van der Waals surface area contributed by atoms with Gasteiger partial charge in [-0.25, -0.2) is 9.97 Å². The van der Waals surface area contributed by atoms with E-state index in [9.17, 15) is 26.7 Å². The van der Waals surface area contributed by atoms with Gasteiger partial charge in [-0.3, -0.25) is 9.36 Å². The number of carbonyl (C=O) groups excluding carboxylic acids is 1. The van der Waals surface area contributed by atoms with Crippen molar-refractivity contribution in [3.05, 3.63) is 46.9 Å². The maximum absolute atomic E-state index is 14.2. The van der Waals surface area contributed by atoms with Crippen LogP contribution in [0.1, 0.15) is 29.6 Å². The minimum atomic E-state index is -4.73. The van der Waals surface area contributed by atoms with Gasteiger partial charge in [0.05, 0.1) is 6.42 Å². The lowest BCUT2D eigenvalue weighted by atomic mass is 10.1. The van der Waals surface area contributed by atoms with Crippen molar-refractivity contribution in [2.24, 2.45) is 0 Å². The van der Waals surface area contributed by atoms with E-state index in [0.29, 0.717) is 29.8 Å². The SMILES string of the molecule is Cc1cc(-n2c(C(C)(F)F)nc3ccc(C(F)(F)F)nc32)cc2c1NC(=O)C2. The normalized spacial score (nSPS) is 14.5. The number of aromatic nitrogens is 3. The van der Waals surface area contributed by atoms with Crippen molar-refractivity contribution in [2.75, 3.05) is 5.32 Å². The first kappa shape index (κ1) is 18.3. The number of pyridine rings is 1. The number of amides is 1. The molecule has 0 spiro atoms. The highest BCUT2D eigenvalue weighted by Crippen LogP contribution is 2.36. The molecule has 28 heavy (non-hydrogen) atoms. The molecular formula is C18H13F5N4O. The second kappa shape index (κ2) is 5.73. The maximum atomic E-state index is 14.2. The van der Waals surface area contributed by atoms with Crippen molar-refractivity contribution in [3.8, 4) is 5.69 Å². The zero-order valence-corrected chi connectivity index (χ0v) is 14.7. The van der Waals surface area contributed by atoms with Gasteiger partial charge in [-0.2, -0.15) is 22.0 Å². The molecule has 1 aromatic carbocycles. The number of nitrogens with one attached hydrogen (secondary N) is 1. The Balaban J connectivity index is 2.03. The van der Waals surface area contributed by atoms with Crippen LogP contribution in [0.2, 0.25) is 0 Å². The first-order valence-corrected chi connectivity index (χ1v) is 8.24. The second-order valence-corrected chi connectivity index (χ2v) is 6.72. The number of benzene rings is 1. The fourth-order valence-corrected chi connectivity index (χ4v) is 3.30. The fraction of sp³-hybridized carbons (Fsp3) is 0.278. The molecule has 5 nitrogen and oxygen atoms in total. The van der Waals surface area contributed by atoms with Crippen LogP contribution in [0.3, 0.4) is 0 Å². The van der Waals surface area contributed by atoms with Gasteiger partial charge in [-0.1, -0.05) is 0 Å². The number of nitrogens with zero attached hydrogens (tertiary/aromatic N) is 3. The monoisotopic (exact) mass is 396 g/mol. The largest absolute Gasteiger partial charge is 0.433 e. The molecule has 0 saturated heterocycles. The Morgan fingerprint density at radius 3 is 2.46 bits per heavy atom. The number of anilines is 1. The Kier molecular flexibility index (Phi) is 3.75. The van der Waals surface area contributed by atoms with Crippen molar-refractivity contribution in [2.45, 2.75) is 32.4 Å². The van der Waals surface area contributed by atoms with Crippen LogP contribution in [-0.4, -0.2) is 20.4 Å². The molecule has 0 radical (unpaired) electrons. The number of carbonyl (C=O) groups is 1. The number of fused-ring (bicyclic) bond motifs is 2. The summed E-state index contributed by atoms with van der Waals surface area (Å²) in [4.78, 5) is 19.0.